The van der Waals surface area contributed by atoms with Crippen molar-refractivity contribution < 1.29 is 4.74 Å². The quantitative estimate of drug-likeness (QED) is 0.561. The van der Waals surface area contributed by atoms with Gasteiger partial charge in [0.15, 0.2) is 0 Å². The second-order valence-corrected chi connectivity index (χ2v) is 5.67. The van der Waals surface area contributed by atoms with Crippen LogP contribution in [0.4, 0.5) is 0 Å². The maximum atomic E-state index is 5.51. The lowest BCUT2D eigenvalue weighted by Gasteiger charge is -2.34. The average molecular weight is 204 g/mol. The molecule has 0 aromatic carbocycles. The Labute approximate surface area is 87.9 Å². The standard InChI is InChI=1S/C12H12OS/c1-2-8-5-7(1)11-9-3-4-13-10(9)6-14-12(8)11/h1-4,6-9,11-12H,5H2/t7?,8?,9?,11-,12-/m1/s1. The third-order valence-corrected chi connectivity index (χ3v) is 5.37. The molecule has 72 valence electrons. The van der Waals surface area contributed by atoms with Crippen molar-refractivity contribution >= 4 is 11.8 Å². The summed E-state index contributed by atoms with van der Waals surface area (Å²) in [5.41, 5.74) is 0. The largest absolute Gasteiger partial charge is 0.468 e. The molecule has 1 fully saturated rings. The highest BCUT2D eigenvalue weighted by Gasteiger charge is 2.51. The van der Waals surface area contributed by atoms with Gasteiger partial charge >= 0.3 is 0 Å². The molecular weight excluding hydrogens is 192 g/mol. The molecule has 0 aromatic rings. The molecule has 2 bridgehead atoms. The first kappa shape index (κ1) is 7.63. The second-order valence-electron chi connectivity index (χ2n) is 4.62. The maximum absolute atomic E-state index is 5.51. The summed E-state index contributed by atoms with van der Waals surface area (Å²) >= 11 is 2.00. The minimum absolute atomic E-state index is 0.584. The second kappa shape index (κ2) is 2.48. The van der Waals surface area contributed by atoms with Crippen LogP contribution in [0.5, 0.6) is 0 Å². The number of hydrogen-bond donors (Lipinski definition) is 0. The number of fused-ring (bicyclic) bond motifs is 7. The Kier molecular flexibility index (Phi) is 1.35. The Hall–Kier alpha value is -0.630. The highest BCUT2D eigenvalue weighted by atomic mass is 32.2. The van der Waals surface area contributed by atoms with Crippen molar-refractivity contribution in [3.05, 3.63) is 35.7 Å². The summed E-state index contributed by atoms with van der Waals surface area (Å²) in [6, 6.07) is 0. The van der Waals surface area contributed by atoms with E-state index in [0.29, 0.717) is 5.92 Å². The third kappa shape index (κ3) is 0.789. The Balaban J connectivity index is 1.79. The van der Waals surface area contributed by atoms with Gasteiger partial charge in [-0.15, -0.1) is 11.8 Å². The zero-order valence-electron chi connectivity index (χ0n) is 7.80. The molecule has 0 radical (unpaired) electrons. The summed E-state index contributed by atoms with van der Waals surface area (Å²) in [5, 5.41) is 3.06. The number of ether oxygens (including phenoxy) is 1. The predicted octanol–water partition coefficient (Wildman–Crippen LogP) is 2.93. The number of hydrogen-bond acceptors (Lipinski definition) is 2. The lowest BCUT2D eigenvalue weighted by atomic mass is 9.81. The minimum atomic E-state index is 0.584. The van der Waals surface area contributed by atoms with Gasteiger partial charge in [0.25, 0.3) is 0 Å². The van der Waals surface area contributed by atoms with Gasteiger partial charge in [-0.1, -0.05) is 12.2 Å². The van der Waals surface area contributed by atoms with E-state index in [1.54, 1.807) is 0 Å². The molecule has 0 amide bonds. The van der Waals surface area contributed by atoms with Gasteiger partial charge in [-0.3, -0.25) is 0 Å². The Morgan fingerprint density at radius 2 is 2.14 bits per heavy atom. The summed E-state index contributed by atoms with van der Waals surface area (Å²) < 4.78 is 5.51. The summed E-state index contributed by atoms with van der Waals surface area (Å²) in [6.07, 6.45) is 10.4. The van der Waals surface area contributed by atoms with Crippen LogP contribution in [0.1, 0.15) is 6.42 Å². The van der Waals surface area contributed by atoms with Gasteiger partial charge in [-0.2, -0.15) is 0 Å². The van der Waals surface area contributed by atoms with Gasteiger partial charge in [-0.05, 0) is 30.3 Å². The zero-order valence-corrected chi connectivity index (χ0v) is 8.61. The Bertz CT molecular complexity index is 369. The molecule has 2 heterocycles. The van der Waals surface area contributed by atoms with Crippen LogP contribution >= 0.6 is 11.8 Å². The van der Waals surface area contributed by atoms with E-state index in [2.05, 4.69) is 23.6 Å². The molecule has 3 unspecified atom stereocenters. The molecule has 0 saturated heterocycles. The molecule has 0 aromatic heterocycles. The third-order valence-electron chi connectivity index (χ3n) is 4.02. The molecule has 0 N–H and O–H groups in total. The zero-order chi connectivity index (χ0) is 9.12. The predicted molar refractivity (Wildman–Crippen MR) is 57.4 cm³/mol. The normalized spacial score (nSPS) is 51.4. The van der Waals surface area contributed by atoms with Crippen LogP contribution in [-0.2, 0) is 4.74 Å². The van der Waals surface area contributed by atoms with Crippen molar-refractivity contribution in [3.8, 4) is 0 Å². The molecule has 14 heavy (non-hydrogen) atoms. The van der Waals surface area contributed by atoms with E-state index in [9.17, 15) is 0 Å². The smallest absolute Gasteiger partial charge is 0.117 e. The van der Waals surface area contributed by atoms with Crippen molar-refractivity contribution in [1.29, 1.82) is 0 Å². The Morgan fingerprint density at radius 3 is 3.14 bits per heavy atom. The summed E-state index contributed by atoms with van der Waals surface area (Å²) in [4.78, 5) is 0. The first-order valence-electron chi connectivity index (χ1n) is 5.31. The fraction of sp³-hybridized carbons (Fsp3) is 0.500. The first-order chi connectivity index (χ1) is 6.93. The summed E-state index contributed by atoms with van der Waals surface area (Å²) in [7, 11) is 0. The monoisotopic (exact) mass is 204 g/mol. The molecule has 2 aliphatic carbocycles. The van der Waals surface area contributed by atoms with Crippen LogP contribution in [0.25, 0.3) is 0 Å². The highest BCUT2D eigenvalue weighted by Crippen LogP contribution is 2.57. The molecule has 1 nitrogen and oxygen atoms in total. The highest BCUT2D eigenvalue weighted by molar-refractivity contribution is 8.02. The van der Waals surface area contributed by atoms with Crippen LogP contribution in [0, 0.1) is 23.7 Å². The van der Waals surface area contributed by atoms with Crippen molar-refractivity contribution in [1.82, 2.24) is 0 Å². The van der Waals surface area contributed by atoms with Gasteiger partial charge in [0, 0.05) is 16.6 Å². The SMILES string of the molecule is C1=CC2C(=CS[C@@H]3C4C=CC(C4)[C@H]23)O1. The number of thioether (sulfide) groups is 1. The first-order valence-corrected chi connectivity index (χ1v) is 6.25. The molecule has 4 aliphatic rings. The number of rotatable bonds is 0. The minimum Gasteiger partial charge on any atom is -0.468 e. The van der Waals surface area contributed by atoms with E-state index in [1.807, 2.05) is 18.0 Å². The van der Waals surface area contributed by atoms with Gasteiger partial charge < -0.3 is 4.74 Å². The molecule has 2 heteroatoms. The molecule has 4 rings (SSSR count). The fourth-order valence-electron chi connectivity index (χ4n) is 3.42. The van der Waals surface area contributed by atoms with Crippen LogP contribution in [0.2, 0.25) is 0 Å². The van der Waals surface area contributed by atoms with E-state index >= 15 is 0 Å². The lowest BCUT2D eigenvalue weighted by molar-refractivity contribution is 0.283. The fourth-order valence-corrected chi connectivity index (χ4v) is 4.88. The molecule has 1 saturated carbocycles. The topological polar surface area (TPSA) is 9.23 Å². The van der Waals surface area contributed by atoms with Gasteiger partial charge in [0.1, 0.15) is 5.76 Å². The Morgan fingerprint density at radius 1 is 1.21 bits per heavy atom. The van der Waals surface area contributed by atoms with Crippen molar-refractivity contribution in [2.45, 2.75) is 11.7 Å². The molecule has 2 aliphatic heterocycles. The maximum Gasteiger partial charge on any atom is 0.117 e. The van der Waals surface area contributed by atoms with E-state index in [1.165, 1.54) is 12.2 Å². The van der Waals surface area contributed by atoms with Crippen LogP contribution in [-0.4, -0.2) is 5.25 Å². The summed E-state index contributed by atoms with van der Waals surface area (Å²) in [5.74, 6) is 4.24. The van der Waals surface area contributed by atoms with Gasteiger partial charge in [-0.25, -0.2) is 0 Å². The van der Waals surface area contributed by atoms with Gasteiger partial charge in [0.05, 0.1) is 6.26 Å². The lowest BCUT2D eigenvalue weighted by Crippen LogP contribution is -2.30. The number of allylic oxidation sites excluding steroid dienone is 3. The van der Waals surface area contributed by atoms with Crippen molar-refractivity contribution in [3.63, 3.8) is 0 Å². The van der Waals surface area contributed by atoms with Crippen molar-refractivity contribution in [2.75, 3.05) is 0 Å². The molecule has 0 spiro atoms. The van der Waals surface area contributed by atoms with E-state index in [4.69, 9.17) is 4.74 Å². The van der Waals surface area contributed by atoms with Crippen LogP contribution in [0.15, 0.2) is 35.7 Å². The average Bonchev–Trinajstić information content (AvgIpc) is 2.92. The summed E-state index contributed by atoms with van der Waals surface area (Å²) in [6.45, 7) is 0. The van der Waals surface area contributed by atoms with E-state index in [0.717, 1.165) is 23.0 Å². The van der Waals surface area contributed by atoms with E-state index < -0.39 is 0 Å². The van der Waals surface area contributed by atoms with Crippen LogP contribution in [0.3, 0.4) is 0 Å². The van der Waals surface area contributed by atoms with Gasteiger partial charge in [0.2, 0.25) is 0 Å². The molecular formula is C12H12OS. The van der Waals surface area contributed by atoms with Crippen LogP contribution < -0.4 is 0 Å². The van der Waals surface area contributed by atoms with Crippen molar-refractivity contribution in [2.24, 2.45) is 23.7 Å². The molecule has 5 atom stereocenters. The van der Waals surface area contributed by atoms with E-state index in [-0.39, 0.29) is 0 Å².